The fraction of sp³-hybridized carbons (Fsp3) is 0.692. The van der Waals surface area contributed by atoms with Crippen LogP contribution in [0, 0.1) is 0 Å². The fourth-order valence-electron chi connectivity index (χ4n) is 2.43. The van der Waals surface area contributed by atoms with Crippen molar-refractivity contribution in [1.29, 1.82) is 0 Å². The summed E-state index contributed by atoms with van der Waals surface area (Å²) >= 11 is 1.51. The molecule has 1 saturated heterocycles. The van der Waals surface area contributed by atoms with Gasteiger partial charge in [-0.3, -0.25) is 0 Å². The highest BCUT2D eigenvalue weighted by atomic mass is 32.2. The Morgan fingerprint density at radius 1 is 1.25 bits per heavy atom. The molecular formula is C13H21N3O2S2. The van der Waals surface area contributed by atoms with Crippen LogP contribution in [0.25, 0.3) is 0 Å². The molecule has 2 N–H and O–H groups in total. The minimum Gasteiger partial charge on any atom is -0.309 e. The Hall–Kier alpha value is -0.470. The number of hydrazine groups is 1. The standard InChI is InChI=1S/C13H21N3O2S2/c17-20(18,15-16-7-2-1-3-8-16)13-6-9-19-12(13)10-14-11-4-5-11/h6,9,11,14-15H,1-5,7-8,10H2. The summed E-state index contributed by atoms with van der Waals surface area (Å²) < 4.78 is 24.9. The molecule has 112 valence electrons. The molecule has 1 aliphatic carbocycles. The monoisotopic (exact) mass is 315 g/mol. The smallest absolute Gasteiger partial charge is 0.254 e. The average Bonchev–Trinajstić information content (AvgIpc) is 3.13. The number of hydrogen-bond acceptors (Lipinski definition) is 5. The molecule has 1 aromatic heterocycles. The Morgan fingerprint density at radius 3 is 2.70 bits per heavy atom. The van der Waals surface area contributed by atoms with Crippen molar-refractivity contribution in [3.63, 3.8) is 0 Å². The summed E-state index contributed by atoms with van der Waals surface area (Å²) in [7, 11) is -3.43. The minimum absolute atomic E-state index is 0.432. The number of nitrogens with one attached hydrogen (secondary N) is 2. The van der Waals surface area contributed by atoms with Gasteiger partial charge in [0.25, 0.3) is 10.0 Å². The van der Waals surface area contributed by atoms with E-state index in [9.17, 15) is 8.42 Å². The molecule has 20 heavy (non-hydrogen) atoms. The van der Waals surface area contributed by atoms with Crippen LogP contribution >= 0.6 is 11.3 Å². The summed E-state index contributed by atoms with van der Waals surface area (Å²) in [6.45, 7) is 2.26. The van der Waals surface area contributed by atoms with Crippen molar-refractivity contribution in [2.75, 3.05) is 13.1 Å². The Balaban J connectivity index is 1.67. The van der Waals surface area contributed by atoms with Gasteiger partial charge in [-0.05, 0) is 37.1 Å². The highest BCUT2D eigenvalue weighted by Gasteiger charge is 2.25. The van der Waals surface area contributed by atoms with Gasteiger partial charge in [0.05, 0.1) is 4.90 Å². The van der Waals surface area contributed by atoms with Crippen molar-refractivity contribution < 1.29 is 8.42 Å². The molecule has 2 heterocycles. The third kappa shape index (κ3) is 3.59. The number of rotatable bonds is 6. The van der Waals surface area contributed by atoms with Crippen molar-refractivity contribution in [1.82, 2.24) is 15.2 Å². The minimum atomic E-state index is -3.43. The molecule has 1 saturated carbocycles. The van der Waals surface area contributed by atoms with E-state index in [1.54, 1.807) is 6.07 Å². The Bertz CT molecular complexity index is 546. The molecule has 2 aliphatic rings. The zero-order valence-corrected chi connectivity index (χ0v) is 13.1. The molecule has 0 aromatic carbocycles. The third-order valence-electron chi connectivity index (χ3n) is 3.73. The van der Waals surface area contributed by atoms with Crippen molar-refractivity contribution in [3.8, 4) is 0 Å². The maximum atomic E-state index is 12.5. The quantitative estimate of drug-likeness (QED) is 0.838. The van der Waals surface area contributed by atoms with Crippen molar-refractivity contribution in [2.45, 2.75) is 49.6 Å². The summed E-state index contributed by atoms with van der Waals surface area (Å²) in [5.74, 6) is 0. The second-order valence-electron chi connectivity index (χ2n) is 5.51. The first kappa shape index (κ1) is 14.5. The Labute approximate surface area is 124 Å². The van der Waals surface area contributed by atoms with Gasteiger partial charge in [0.15, 0.2) is 0 Å². The number of nitrogens with zero attached hydrogens (tertiary/aromatic N) is 1. The predicted molar refractivity (Wildman–Crippen MR) is 79.9 cm³/mol. The molecule has 1 aromatic rings. The van der Waals surface area contributed by atoms with Crippen LogP contribution in [-0.4, -0.2) is 32.6 Å². The van der Waals surface area contributed by atoms with Gasteiger partial charge in [-0.25, -0.2) is 13.4 Å². The maximum absolute atomic E-state index is 12.5. The first-order valence-electron chi connectivity index (χ1n) is 7.22. The fourth-order valence-corrected chi connectivity index (χ4v) is 4.94. The average molecular weight is 315 g/mol. The maximum Gasteiger partial charge on any atom is 0.254 e. The lowest BCUT2D eigenvalue weighted by Crippen LogP contribution is -2.45. The number of hydrogen-bond donors (Lipinski definition) is 2. The second kappa shape index (κ2) is 6.11. The van der Waals surface area contributed by atoms with Crippen LogP contribution in [0.4, 0.5) is 0 Å². The molecule has 0 atom stereocenters. The molecule has 0 amide bonds. The van der Waals surface area contributed by atoms with E-state index in [0.29, 0.717) is 17.5 Å². The second-order valence-corrected chi connectivity index (χ2v) is 8.14. The largest absolute Gasteiger partial charge is 0.309 e. The number of sulfonamides is 1. The zero-order chi connectivity index (χ0) is 14.0. The molecule has 0 radical (unpaired) electrons. The van der Waals surface area contributed by atoms with E-state index < -0.39 is 10.0 Å². The molecular weight excluding hydrogens is 294 g/mol. The highest BCUT2D eigenvalue weighted by molar-refractivity contribution is 7.89. The zero-order valence-electron chi connectivity index (χ0n) is 11.5. The predicted octanol–water partition coefficient (Wildman–Crippen LogP) is 1.68. The molecule has 0 spiro atoms. The molecule has 7 heteroatoms. The van der Waals surface area contributed by atoms with Gasteiger partial charge in [-0.1, -0.05) is 6.42 Å². The molecule has 0 bridgehead atoms. The van der Waals surface area contributed by atoms with E-state index in [4.69, 9.17) is 0 Å². The topological polar surface area (TPSA) is 61.4 Å². The normalized spacial score (nSPS) is 21.2. The molecule has 0 unspecified atom stereocenters. The highest BCUT2D eigenvalue weighted by Crippen LogP contribution is 2.25. The van der Waals surface area contributed by atoms with Gasteiger partial charge in [0, 0.05) is 30.6 Å². The lowest BCUT2D eigenvalue weighted by molar-refractivity contribution is 0.200. The van der Waals surface area contributed by atoms with Crippen LogP contribution in [0.1, 0.15) is 37.0 Å². The van der Waals surface area contributed by atoms with E-state index >= 15 is 0 Å². The Kier molecular flexibility index (Phi) is 4.42. The summed E-state index contributed by atoms with van der Waals surface area (Å²) in [5.41, 5.74) is 0. The van der Waals surface area contributed by atoms with Gasteiger partial charge in [0.1, 0.15) is 0 Å². The lowest BCUT2D eigenvalue weighted by Gasteiger charge is -2.26. The van der Waals surface area contributed by atoms with Crippen LogP contribution in [0.2, 0.25) is 0 Å². The van der Waals surface area contributed by atoms with Crippen molar-refractivity contribution in [3.05, 3.63) is 16.3 Å². The lowest BCUT2D eigenvalue weighted by atomic mass is 10.2. The number of piperidine rings is 1. The molecule has 5 nitrogen and oxygen atoms in total. The van der Waals surface area contributed by atoms with E-state index in [1.807, 2.05) is 10.4 Å². The van der Waals surface area contributed by atoms with Crippen LogP contribution in [0.15, 0.2) is 16.3 Å². The van der Waals surface area contributed by atoms with Gasteiger partial charge < -0.3 is 5.32 Å². The summed E-state index contributed by atoms with van der Waals surface area (Å²) in [6, 6.07) is 2.30. The van der Waals surface area contributed by atoms with E-state index in [0.717, 1.165) is 30.8 Å². The van der Waals surface area contributed by atoms with Crippen molar-refractivity contribution >= 4 is 21.4 Å². The van der Waals surface area contributed by atoms with E-state index in [2.05, 4.69) is 10.1 Å². The molecule has 1 aliphatic heterocycles. The van der Waals surface area contributed by atoms with Crippen LogP contribution in [0.5, 0.6) is 0 Å². The first-order chi connectivity index (χ1) is 9.65. The first-order valence-corrected chi connectivity index (χ1v) is 9.58. The Morgan fingerprint density at radius 2 is 2.00 bits per heavy atom. The molecule has 3 rings (SSSR count). The van der Waals surface area contributed by atoms with E-state index in [1.165, 1.54) is 30.6 Å². The van der Waals surface area contributed by atoms with Crippen molar-refractivity contribution in [2.24, 2.45) is 0 Å². The van der Waals surface area contributed by atoms with Gasteiger partial charge in [-0.15, -0.1) is 16.2 Å². The summed E-state index contributed by atoms with van der Waals surface area (Å²) in [4.78, 5) is 4.06. The van der Waals surface area contributed by atoms with Gasteiger partial charge in [-0.2, -0.15) is 0 Å². The van der Waals surface area contributed by atoms with Gasteiger partial charge in [0.2, 0.25) is 0 Å². The third-order valence-corrected chi connectivity index (χ3v) is 6.24. The summed E-state index contributed by atoms with van der Waals surface area (Å²) in [5, 5.41) is 7.06. The van der Waals surface area contributed by atoms with Gasteiger partial charge >= 0.3 is 0 Å². The van der Waals surface area contributed by atoms with Crippen LogP contribution in [0.3, 0.4) is 0 Å². The number of thiophene rings is 1. The molecule has 2 fully saturated rings. The summed E-state index contributed by atoms with van der Waals surface area (Å²) in [6.07, 6.45) is 5.72. The van der Waals surface area contributed by atoms with Crippen LogP contribution in [-0.2, 0) is 16.6 Å². The van der Waals surface area contributed by atoms with Crippen LogP contribution < -0.4 is 10.1 Å². The van der Waals surface area contributed by atoms with E-state index in [-0.39, 0.29) is 0 Å². The SMILES string of the molecule is O=S(=O)(NN1CCCCC1)c1ccsc1CNC1CC1.